The van der Waals surface area contributed by atoms with Crippen LogP contribution in [0.1, 0.15) is 5.69 Å². The molecule has 2 heterocycles. The van der Waals surface area contributed by atoms with Crippen LogP contribution in [0.25, 0.3) is 5.65 Å². The highest BCUT2D eigenvalue weighted by atomic mass is 79.9. The van der Waals surface area contributed by atoms with E-state index in [1.165, 1.54) is 0 Å². The van der Waals surface area contributed by atoms with Crippen molar-refractivity contribution in [1.29, 1.82) is 0 Å². The van der Waals surface area contributed by atoms with E-state index in [2.05, 4.69) is 36.8 Å². The van der Waals surface area contributed by atoms with Crippen molar-refractivity contribution < 1.29 is 0 Å². The van der Waals surface area contributed by atoms with Crippen LogP contribution in [0.15, 0.2) is 29.0 Å². The molecule has 12 heavy (non-hydrogen) atoms. The third kappa shape index (κ3) is 1.41. The van der Waals surface area contributed by atoms with E-state index in [9.17, 15) is 0 Å². The van der Waals surface area contributed by atoms with Gasteiger partial charge in [0.2, 0.25) is 0 Å². The summed E-state index contributed by atoms with van der Waals surface area (Å²) in [6.07, 6.45) is 4.00. The van der Waals surface area contributed by atoms with Crippen molar-refractivity contribution in [1.82, 2.24) is 9.38 Å². The first-order chi connectivity index (χ1) is 5.79. The molecule has 0 saturated heterocycles. The minimum atomic E-state index is 0.798. The number of halogens is 2. The number of hydrogen-bond donors (Lipinski definition) is 0. The van der Waals surface area contributed by atoms with Crippen LogP contribution in [-0.4, -0.2) is 9.38 Å². The van der Waals surface area contributed by atoms with Gasteiger partial charge in [-0.15, -0.1) is 0 Å². The Hall–Kier alpha value is -0.350. The van der Waals surface area contributed by atoms with E-state index in [1.54, 1.807) is 0 Å². The number of alkyl halides is 1. The van der Waals surface area contributed by atoms with Crippen LogP contribution in [-0.2, 0) is 5.33 Å². The zero-order valence-electron chi connectivity index (χ0n) is 6.17. The third-order valence-corrected chi connectivity index (χ3v) is 2.65. The molecule has 2 aromatic rings. The lowest BCUT2D eigenvalue weighted by Crippen LogP contribution is -1.80. The Balaban J connectivity index is 2.67. The lowest BCUT2D eigenvalue weighted by atomic mass is 10.5. The maximum absolute atomic E-state index is 4.37. The van der Waals surface area contributed by atoms with E-state index < -0.39 is 0 Å². The molecule has 0 radical (unpaired) electrons. The van der Waals surface area contributed by atoms with Gasteiger partial charge in [0.25, 0.3) is 0 Å². The molecule has 0 saturated carbocycles. The summed E-state index contributed by atoms with van der Waals surface area (Å²) < 4.78 is 3.06. The largest absolute Gasteiger partial charge is 0.306 e. The van der Waals surface area contributed by atoms with Crippen molar-refractivity contribution in [3.8, 4) is 0 Å². The monoisotopic (exact) mass is 288 g/mol. The SMILES string of the molecule is BrCc1cn2cc(Br)ccc2n1. The molecule has 0 aromatic carbocycles. The summed E-state index contributed by atoms with van der Waals surface area (Å²) in [5.41, 5.74) is 2.03. The average Bonchev–Trinajstić information content (AvgIpc) is 2.46. The van der Waals surface area contributed by atoms with Crippen molar-refractivity contribution in [2.75, 3.05) is 0 Å². The summed E-state index contributed by atoms with van der Waals surface area (Å²) in [6, 6.07) is 3.97. The van der Waals surface area contributed by atoms with E-state index in [4.69, 9.17) is 0 Å². The third-order valence-electron chi connectivity index (χ3n) is 1.60. The first kappa shape index (κ1) is 8.26. The summed E-state index contributed by atoms with van der Waals surface area (Å²) in [5.74, 6) is 0. The second kappa shape index (κ2) is 3.18. The molecule has 0 unspecified atom stereocenters. The minimum Gasteiger partial charge on any atom is -0.306 e. The van der Waals surface area contributed by atoms with Crippen molar-refractivity contribution in [3.63, 3.8) is 0 Å². The Morgan fingerprint density at radius 3 is 2.92 bits per heavy atom. The molecule has 0 atom stereocenters. The van der Waals surface area contributed by atoms with E-state index >= 15 is 0 Å². The molecule has 62 valence electrons. The predicted molar refractivity (Wildman–Crippen MR) is 55.5 cm³/mol. The molecule has 0 fully saturated rings. The van der Waals surface area contributed by atoms with E-state index in [1.807, 2.05) is 28.9 Å². The van der Waals surface area contributed by atoms with Crippen molar-refractivity contribution in [3.05, 3.63) is 34.7 Å². The van der Waals surface area contributed by atoms with E-state index in [0.29, 0.717) is 0 Å². The van der Waals surface area contributed by atoms with Gasteiger partial charge in [0.1, 0.15) is 5.65 Å². The molecule has 4 heteroatoms. The van der Waals surface area contributed by atoms with Crippen LogP contribution >= 0.6 is 31.9 Å². The topological polar surface area (TPSA) is 17.3 Å². The quantitative estimate of drug-likeness (QED) is 0.738. The Kier molecular flexibility index (Phi) is 2.19. The highest BCUT2D eigenvalue weighted by molar-refractivity contribution is 9.10. The second-order valence-corrected chi connectivity index (χ2v) is 3.96. The number of rotatable bonds is 1. The summed E-state index contributed by atoms with van der Waals surface area (Å²) in [6.45, 7) is 0. The van der Waals surface area contributed by atoms with Crippen LogP contribution < -0.4 is 0 Å². The van der Waals surface area contributed by atoms with Gasteiger partial charge in [0.05, 0.1) is 5.69 Å². The number of imidazole rings is 1. The molecule has 0 N–H and O–H groups in total. The lowest BCUT2D eigenvalue weighted by Gasteiger charge is -1.91. The Bertz CT molecular complexity index is 408. The van der Waals surface area contributed by atoms with Crippen molar-refractivity contribution >= 4 is 37.5 Å². The molecule has 0 aliphatic carbocycles. The Morgan fingerprint density at radius 2 is 2.17 bits per heavy atom. The van der Waals surface area contributed by atoms with Crippen LogP contribution in [0, 0.1) is 0 Å². The predicted octanol–water partition coefficient (Wildman–Crippen LogP) is 2.99. The molecule has 0 bridgehead atoms. The summed E-state index contributed by atoms with van der Waals surface area (Å²) >= 11 is 6.77. The van der Waals surface area contributed by atoms with Crippen LogP contribution in [0.3, 0.4) is 0 Å². The van der Waals surface area contributed by atoms with Gasteiger partial charge >= 0.3 is 0 Å². The van der Waals surface area contributed by atoms with Crippen LogP contribution in [0.4, 0.5) is 0 Å². The highest BCUT2D eigenvalue weighted by Gasteiger charge is 1.98. The molecular formula is C8H6Br2N2. The van der Waals surface area contributed by atoms with Crippen LogP contribution in [0.2, 0.25) is 0 Å². The smallest absolute Gasteiger partial charge is 0.137 e. The fourth-order valence-corrected chi connectivity index (χ4v) is 1.70. The van der Waals surface area contributed by atoms with E-state index in [0.717, 1.165) is 21.1 Å². The van der Waals surface area contributed by atoms with Crippen LogP contribution in [0.5, 0.6) is 0 Å². The van der Waals surface area contributed by atoms with Gasteiger partial charge in [0.15, 0.2) is 0 Å². The van der Waals surface area contributed by atoms with Gasteiger partial charge in [-0.05, 0) is 28.1 Å². The van der Waals surface area contributed by atoms with E-state index in [-0.39, 0.29) is 0 Å². The van der Waals surface area contributed by atoms with Gasteiger partial charge < -0.3 is 4.40 Å². The van der Waals surface area contributed by atoms with Gasteiger partial charge in [-0.3, -0.25) is 0 Å². The maximum atomic E-state index is 4.37. The van der Waals surface area contributed by atoms with Gasteiger partial charge in [-0.25, -0.2) is 4.98 Å². The minimum absolute atomic E-state index is 0.798. The molecular weight excluding hydrogens is 284 g/mol. The summed E-state index contributed by atoms with van der Waals surface area (Å²) in [7, 11) is 0. The molecule has 0 aliphatic heterocycles. The highest BCUT2D eigenvalue weighted by Crippen LogP contribution is 2.13. The zero-order chi connectivity index (χ0) is 8.55. The molecule has 2 rings (SSSR count). The van der Waals surface area contributed by atoms with Crippen molar-refractivity contribution in [2.45, 2.75) is 5.33 Å². The molecule has 0 spiro atoms. The fraction of sp³-hybridized carbons (Fsp3) is 0.125. The number of hydrogen-bond acceptors (Lipinski definition) is 1. The van der Waals surface area contributed by atoms with Gasteiger partial charge in [-0.2, -0.15) is 0 Å². The molecule has 2 nitrogen and oxygen atoms in total. The van der Waals surface area contributed by atoms with Gasteiger partial charge in [-0.1, -0.05) is 15.9 Å². The maximum Gasteiger partial charge on any atom is 0.137 e. The first-order valence-electron chi connectivity index (χ1n) is 3.49. The lowest BCUT2D eigenvalue weighted by molar-refractivity contribution is 1.17. The molecule has 0 aliphatic rings. The first-order valence-corrected chi connectivity index (χ1v) is 5.40. The Labute approximate surface area is 86.9 Å². The summed E-state index contributed by atoms with van der Waals surface area (Å²) in [5, 5.41) is 0.798. The average molecular weight is 290 g/mol. The Morgan fingerprint density at radius 1 is 1.33 bits per heavy atom. The normalized spacial score (nSPS) is 10.8. The zero-order valence-corrected chi connectivity index (χ0v) is 9.34. The van der Waals surface area contributed by atoms with Gasteiger partial charge in [0, 0.05) is 22.2 Å². The number of fused-ring (bicyclic) bond motifs is 1. The van der Waals surface area contributed by atoms with Crippen molar-refractivity contribution in [2.24, 2.45) is 0 Å². The number of pyridine rings is 1. The summed E-state index contributed by atoms with van der Waals surface area (Å²) in [4.78, 5) is 4.37. The molecule has 2 aromatic heterocycles. The second-order valence-electron chi connectivity index (χ2n) is 2.48. The molecule has 0 amide bonds. The number of nitrogens with zero attached hydrogens (tertiary/aromatic N) is 2. The standard InChI is InChI=1S/C8H6Br2N2/c9-3-7-5-12-4-6(10)1-2-8(12)11-7/h1-2,4-5H,3H2. The number of aromatic nitrogens is 2. The fourth-order valence-electron chi connectivity index (χ4n) is 1.08.